The van der Waals surface area contributed by atoms with Crippen molar-refractivity contribution in [3.63, 3.8) is 0 Å². The predicted molar refractivity (Wildman–Crippen MR) is 72.0 cm³/mol. The monoisotopic (exact) mass is 299 g/mol. The van der Waals surface area contributed by atoms with E-state index in [2.05, 4.69) is 14.8 Å². The molecule has 1 fully saturated rings. The number of benzene rings is 1. The molecule has 1 heterocycles. The first kappa shape index (κ1) is 15.7. The van der Waals surface area contributed by atoms with Crippen LogP contribution < -0.4 is 0 Å². The normalized spacial score (nSPS) is 17.5. The fourth-order valence-corrected chi connectivity index (χ4v) is 2.31. The zero-order chi connectivity index (χ0) is 15.5. The molecule has 0 saturated carbocycles. The highest BCUT2D eigenvalue weighted by Crippen LogP contribution is 2.33. The number of nitrogens with zero attached hydrogens (tertiary/aromatic N) is 3. The molecule has 0 radical (unpaired) electrons. The fraction of sp³-hybridized carbons (Fsp3) is 0.500. The van der Waals surface area contributed by atoms with Gasteiger partial charge in [0.2, 0.25) is 6.08 Å². The Morgan fingerprint density at radius 2 is 1.86 bits per heavy atom. The second-order valence-electron chi connectivity index (χ2n) is 5.17. The standard InChI is InChI=1S/C14H16F3N3O/c1-19-2-4-20(5-3-19)9-11-6-12(14(15,16)17)8-13(7-11)18-10-21/h6-8H,2-5,9H2,1H3. The molecule has 1 aliphatic heterocycles. The molecule has 0 amide bonds. The molecular formula is C14H16F3N3O. The van der Waals surface area contributed by atoms with Crippen molar-refractivity contribution < 1.29 is 18.0 Å². The van der Waals surface area contributed by atoms with Gasteiger partial charge in [-0.05, 0) is 30.8 Å². The fourth-order valence-electron chi connectivity index (χ4n) is 2.31. The summed E-state index contributed by atoms with van der Waals surface area (Å²) in [5.41, 5.74) is -0.296. The molecule has 7 heteroatoms. The summed E-state index contributed by atoms with van der Waals surface area (Å²) >= 11 is 0. The average Bonchev–Trinajstić information content (AvgIpc) is 2.41. The Hall–Kier alpha value is -1.69. The molecule has 1 aliphatic rings. The van der Waals surface area contributed by atoms with E-state index >= 15 is 0 Å². The van der Waals surface area contributed by atoms with Crippen molar-refractivity contribution >= 4 is 11.8 Å². The number of hydrogen-bond donors (Lipinski definition) is 0. The third-order valence-corrected chi connectivity index (χ3v) is 3.48. The van der Waals surface area contributed by atoms with E-state index < -0.39 is 11.7 Å². The first-order valence-electron chi connectivity index (χ1n) is 6.58. The van der Waals surface area contributed by atoms with Gasteiger partial charge in [-0.2, -0.15) is 18.2 Å². The van der Waals surface area contributed by atoms with Gasteiger partial charge in [0, 0.05) is 32.7 Å². The van der Waals surface area contributed by atoms with Gasteiger partial charge >= 0.3 is 6.18 Å². The summed E-state index contributed by atoms with van der Waals surface area (Å²) in [7, 11) is 2.01. The molecular weight excluding hydrogens is 283 g/mol. The Labute approximate surface area is 120 Å². The SMILES string of the molecule is CN1CCN(Cc2cc(N=C=O)cc(C(F)(F)F)c2)CC1. The number of aliphatic imine (C=N–C) groups is 1. The van der Waals surface area contributed by atoms with E-state index in [1.165, 1.54) is 12.1 Å². The number of isocyanates is 1. The molecule has 0 aromatic heterocycles. The van der Waals surface area contributed by atoms with E-state index in [0.717, 1.165) is 38.3 Å². The average molecular weight is 299 g/mol. The van der Waals surface area contributed by atoms with Crippen molar-refractivity contribution in [2.75, 3.05) is 33.2 Å². The summed E-state index contributed by atoms with van der Waals surface area (Å²) < 4.78 is 38.6. The summed E-state index contributed by atoms with van der Waals surface area (Å²) in [6, 6.07) is 3.47. The smallest absolute Gasteiger partial charge is 0.304 e. The molecule has 0 spiro atoms. The van der Waals surface area contributed by atoms with E-state index in [9.17, 15) is 18.0 Å². The van der Waals surface area contributed by atoms with Crippen molar-refractivity contribution in [2.24, 2.45) is 4.99 Å². The minimum absolute atomic E-state index is 0.0102. The van der Waals surface area contributed by atoms with E-state index in [1.807, 2.05) is 7.05 Å². The van der Waals surface area contributed by atoms with Gasteiger partial charge < -0.3 is 4.90 Å². The molecule has 2 rings (SSSR count). The van der Waals surface area contributed by atoms with Crippen molar-refractivity contribution in [3.8, 4) is 0 Å². The molecule has 1 aromatic rings. The van der Waals surface area contributed by atoms with Crippen LogP contribution in [0.3, 0.4) is 0 Å². The van der Waals surface area contributed by atoms with Crippen LogP contribution in [0.1, 0.15) is 11.1 Å². The highest BCUT2D eigenvalue weighted by Gasteiger charge is 2.31. The van der Waals surface area contributed by atoms with Crippen molar-refractivity contribution in [3.05, 3.63) is 29.3 Å². The van der Waals surface area contributed by atoms with Gasteiger partial charge in [0.25, 0.3) is 0 Å². The third kappa shape index (κ3) is 4.39. The van der Waals surface area contributed by atoms with E-state index in [-0.39, 0.29) is 5.69 Å². The molecule has 1 aromatic carbocycles. The van der Waals surface area contributed by atoms with Crippen molar-refractivity contribution in [1.29, 1.82) is 0 Å². The quantitative estimate of drug-likeness (QED) is 0.635. The first-order valence-corrected chi connectivity index (χ1v) is 6.58. The number of likely N-dealkylation sites (N-methyl/N-ethyl adjacent to an activating group) is 1. The highest BCUT2D eigenvalue weighted by molar-refractivity contribution is 5.52. The Balaban J connectivity index is 2.21. The van der Waals surface area contributed by atoms with E-state index in [0.29, 0.717) is 12.1 Å². The number of carbonyl (C=O) groups excluding carboxylic acids is 1. The predicted octanol–water partition coefficient (Wildman–Crippen LogP) is 2.42. The Kier molecular flexibility index (Phi) is 4.77. The lowest BCUT2D eigenvalue weighted by atomic mass is 10.1. The topological polar surface area (TPSA) is 35.9 Å². The maximum absolute atomic E-state index is 12.9. The van der Waals surface area contributed by atoms with Gasteiger partial charge in [0.1, 0.15) is 0 Å². The zero-order valence-corrected chi connectivity index (χ0v) is 11.7. The van der Waals surface area contributed by atoms with Crippen LogP contribution in [0.25, 0.3) is 0 Å². The molecule has 0 aliphatic carbocycles. The molecule has 0 unspecified atom stereocenters. The second kappa shape index (κ2) is 6.39. The molecule has 0 N–H and O–H groups in total. The zero-order valence-electron chi connectivity index (χ0n) is 11.7. The number of rotatable bonds is 3. The molecule has 114 valence electrons. The lowest BCUT2D eigenvalue weighted by molar-refractivity contribution is -0.137. The van der Waals surface area contributed by atoms with E-state index in [4.69, 9.17) is 0 Å². The minimum Gasteiger partial charge on any atom is -0.304 e. The Morgan fingerprint density at radius 1 is 1.19 bits per heavy atom. The molecule has 21 heavy (non-hydrogen) atoms. The van der Waals surface area contributed by atoms with Crippen molar-refractivity contribution in [1.82, 2.24) is 9.80 Å². The maximum atomic E-state index is 12.9. The first-order chi connectivity index (χ1) is 9.88. The van der Waals surface area contributed by atoms with Crippen LogP contribution in [0, 0.1) is 0 Å². The summed E-state index contributed by atoms with van der Waals surface area (Å²) in [6.07, 6.45) is -3.17. The van der Waals surface area contributed by atoms with Crippen LogP contribution in [-0.4, -0.2) is 49.1 Å². The van der Waals surface area contributed by atoms with Gasteiger partial charge in [-0.1, -0.05) is 0 Å². The van der Waals surface area contributed by atoms with Crippen LogP contribution in [0.15, 0.2) is 23.2 Å². The molecule has 1 saturated heterocycles. The van der Waals surface area contributed by atoms with Crippen LogP contribution in [0.4, 0.5) is 18.9 Å². The molecule has 0 atom stereocenters. The highest BCUT2D eigenvalue weighted by atomic mass is 19.4. The van der Waals surface area contributed by atoms with Crippen LogP contribution in [0.2, 0.25) is 0 Å². The summed E-state index contributed by atoms with van der Waals surface area (Å²) in [4.78, 5) is 17.9. The number of hydrogen-bond acceptors (Lipinski definition) is 4. The summed E-state index contributed by atoms with van der Waals surface area (Å²) in [6.45, 7) is 3.80. The van der Waals surface area contributed by atoms with Gasteiger partial charge in [0.05, 0.1) is 11.3 Å². The Morgan fingerprint density at radius 3 is 2.43 bits per heavy atom. The lowest BCUT2D eigenvalue weighted by Gasteiger charge is -2.32. The lowest BCUT2D eigenvalue weighted by Crippen LogP contribution is -2.43. The van der Waals surface area contributed by atoms with Gasteiger partial charge in [0.15, 0.2) is 0 Å². The Bertz CT molecular complexity index is 545. The van der Waals surface area contributed by atoms with Gasteiger partial charge in [-0.15, -0.1) is 0 Å². The largest absolute Gasteiger partial charge is 0.416 e. The molecule has 4 nitrogen and oxygen atoms in total. The number of halogens is 3. The summed E-state index contributed by atoms with van der Waals surface area (Å²) in [5, 5.41) is 0. The van der Waals surface area contributed by atoms with Crippen molar-refractivity contribution in [2.45, 2.75) is 12.7 Å². The van der Waals surface area contributed by atoms with Gasteiger partial charge in [-0.25, -0.2) is 4.79 Å². The van der Waals surface area contributed by atoms with Crippen LogP contribution in [0.5, 0.6) is 0 Å². The second-order valence-corrected chi connectivity index (χ2v) is 5.17. The third-order valence-electron chi connectivity index (χ3n) is 3.48. The van der Waals surface area contributed by atoms with Crippen LogP contribution in [-0.2, 0) is 17.5 Å². The summed E-state index contributed by atoms with van der Waals surface area (Å²) in [5.74, 6) is 0. The van der Waals surface area contributed by atoms with Crippen LogP contribution >= 0.6 is 0 Å². The van der Waals surface area contributed by atoms with E-state index in [1.54, 1.807) is 0 Å². The number of piperazine rings is 1. The number of alkyl halides is 3. The maximum Gasteiger partial charge on any atom is 0.416 e. The molecule has 0 bridgehead atoms. The minimum atomic E-state index is -4.45. The van der Waals surface area contributed by atoms with Gasteiger partial charge in [-0.3, -0.25) is 4.90 Å².